The van der Waals surface area contributed by atoms with Crippen molar-refractivity contribution in [2.45, 2.75) is 42.2 Å². The van der Waals surface area contributed by atoms with Gasteiger partial charge in [0.25, 0.3) is 0 Å². The highest BCUT2D eigenvalue weighted by molar-refractivity contribution is 8.00. The second-order valence-corrected chi connectivity index (χ2v) is 8.54. The van der Waals surface area contributed by atoms with E-state index < -0.39 is 10.0 Å². The molecule has 0 aliphatic heterocycles. The van der Waals surface area contributed by atoms with Gasteiger partial charge in [0.05, 0.1) is 4.90 Å². The summed E-state index contributed by atoms with van der Waals surface area (Å²) >= 11 is 1.74. The molecule has 0 aromatic heterocycles. The van der Waals surface area contributed by atoms with Crippen LogP contribution in [0.2, 0.25) is 0 Å². The Bertz CT molecular complexity index is 620. The molecule has 4 nitrogen and oxygen atoms in total. The Labute approximate surface area is 130 Å². The number of benzene rings is 1. The predicted octanol–water partition coefficient (Wildman–Crippen LogP) is 2.84. The van der Waals surface area contributed by atoms with E-state index in [0.717, 1.165) is 25.7 Å². The fourth-order valence-electron chi connectivity index (χ4n) is 2.66. The van der Waals surface area contributed by atoms with E-state index >= 15 is 0 Å². The summed E-state index contributed by atoms with van der Waals surface area (Å²) < 4.78 is 27.5. The molecule has 0 amide bonds. The zero-order chi connectivity index (χ0) is 15.5. The molecule has 1 saturated carbocycles. The molecule has 0 spiro atoms. The first-order chi connectivity index (χ1) is 9.88. The Morgan fingerprint density at radius 3 is 2.57 bits per heavy atom. The molecule has 0 unspecified atom stereocenters. The molecule has 6 heteroatoms. The summed E-state index contributed by atoms with van der Waals surface area (Å²) in [5.74, 6) is -0.136. The van der Waals surface area contributed by atoms with Gasteiger partial charge in [-0.25, -0.2) is 13.1 Å². The highest BCUT2D eigenvalue weighted by atomic mass is 32.2. The lowest BCUT2D eigenvalue weighted by Gasteiger charge is -2.26. The number of hydrogen-bond donors (Lipinski definition) is 1. The van der Waals surface area contributed by atoms with Crippen molar-refractivity contribution < 1.29 is 13.2 Å². The Kier molecular flexibility index (Phi) is 5.11. The van der Waals surface area contributed by atoms with E-state index in [1.807, 2.05) is 6.26 Å². The van der Waals surface area contributed by atoms with Gasteiger partial charge in [0.15, 0.2) is 5.78 Å². The summed E-state index contributed by atoms with van der Waals surface area (Å²) in [4.78, 5) is 11.5. The van der Waals surface area contributed by atoms with Gasteiger partial charge in [-0.2, -0.15) is 11.8 Å². The minimum absolute atomic E-state index is 0.0191. The average molecular weight is 327 g/mol. The van der Waals surface area contributed by atoms with Crippen molar-refractivity contribution in [3.63, 3.8) is 0 Å². The Hall–Kier alpha value is -0.850. The molecule has 1 aliphatic carbocycles. The number of nitrogens with one attached hydrogen (secondary N) is 1. The number of thioether (sulfide) groups is 1. The van der Waals surface area contributed by atoms with Crippen molar-refractivity contribution in [1.29, 1.82) is 0 Å². The molecule has 0 saturated heterocycles. The maximum Gasteiger partial charge on any atom is 0.240 e. The SMILES string of the molecule is CSC1(CNS(=O)(=O)c2cccc(C(C)=O)c2)CCCC1. The smallest absolute Gasteiger partial charge is 0.240 e. The lowest BCUT2D eigenvalue weighted by atomic mass is 10.1. The largest absolute Gasteiger partial charge is 0.295 e. The van der Waals surface area contributed by atoms with Crippen LogP contribution in [0.1, 0.15) is 43.0 Å². The van der Waals surface area contributed by atoms with Crippen LogP contribution in [0.3, 0.4) is 0 Å². The summed E-state index contributed by atoms with van der Waals surface area (Å²) in [7, 11) is -3.57. The summed E-state index contributed by atoms with van der Waals surface area (Å²) in [6.07, 6.45) is 6.44. The average Bonchev–Trinajstić information content (AvgIpc) is 2.95. The third-order valence-corrected chi connectivity index (χ3v) is 6.90. The molecule has 116 valence electrons. The van der Waals surface area contributed by atoms with Crippen LogP contribution in [0.4, 0.5) is 0 Å². The van der Waals surface area contributed by atoms with Crippen LogP contribution in [0, 0.1) is 0 Å². The zero-order valence-corrected chi connectivity index (χ0v) is 14.0. The molecule has 0 heterocycles. The van der Waals surface area contributed by atoms with Gasteiger partial charge in [-0.1, -0.05) is 25.0 Å². The Balaban J connectivity index is 2.15. The van der Waals surface area contributed by atoms with Crippen molar-refractivity contribution in [3.8, 4) is 0 Å². The van der Waals surface area contributed by atoms with Crippen molar-refractivity contribution >= 4 is 27.6 Å². The molecular formula is C15H21NO3S2. The summed E-state index contributed by atoms with van der Waals surface area (Å²) in [6, 6.07) is 6.19. The fourth-order valence-corrected chi connectivity index (χ4v) is 4.84. The number of Topliss-reactive ketones (excluding diaryl/α,β-unsaturated/α-hetero) is 1. The number of sulfonamides is 1. The van der Waals surface area contributed by atoms with Gasteiger partial charge in [-0.15, -0.1) is 0 Å². The van der Waals surface area contributed by atoms with Crippen molar-refractivity contribution in [1.82, 2.24) is 4.72 Å². The van der Waals surface area contributed by atoms with Crippen LogP contribution in [-0.4, -0.2) is 31.7 Å². The molecular weight excluding hydrogens is 306 g/mol. The number of carbonyl (C=O) groups is 1. The van der Waals surface area contributed by atoms with Crippen LogP contribution in [0.25, 0.3) is 0 Å². The quantitative estimate of drug-likeness (QED) is 0.816. The number of rotatable bonds is 6. The normalized spacial score (nSPS) is 17.8. The van der Waals surface area contributed by atoms with Crippen molar-refractivity contribution in [3.05, 3.63) is 29.8 Å². The lowest BCUT2D eigenvalue weighted by Crippen LogP contribution is -2.38. The van der Waals surface area contributed by atoms with Gasteiger partial charge in [0, 0.05) is 16.9 Å². The summed E-state index contributed by atoms with van der Waals surface area (Å²) in [6.45, 7) is 1.88. The second-order valence-electron chi connectivity index (χ2n) is 5.50. The van der Waals surface area contributed by atoms with E-state index in [4.69, 9.17) is 0 Å². The van der Waals surface area contributed by atoms with Gasteiger partial charge >= 0.3 is 0 Å². The molecule has 1 aliphatic rings. The third kappa shape index (κ3) is 3.87. The van der Waals surface area contributed by atoms with Gasteiger partial charge in [-0.05, 0) is 38.2 Å². The van der Waals surface area contributed by atoms with Crippen molar-refractivity contribution in [2.24, 2.45) is 0 Å². The minimum Gasteiger partial charge on any atom is -0.295 e. The maximum absolute atomic E-state index is 12.4. The van der Waals surface area contributed by atoms with Crippen LogP contribution in [-0.2, 0) is 10.0 Å². The fraction of sp³-hybridized carbons (Fsp3) is 0.533. The highest BCUT2D eigenvalue weighted by Gasteiger charge is 2.34. The molecule has 2 rings (SSSR count). The van der Waals surface area contributed by atoms with Gasteiger partial charge in [-0.3, -0.25) is 4.79 Å². The zero-order valence-electron chi connectivity index (χ0n) is 12.4. The first-order valence-corrected chi connectivity index (χ1v) is 9.75. The van der Waals surface area contributed by atoms with Crippen LogP contribution in [0.5, 0.6) is 0 Å². The van der Waals surface area contributed by atoms with E-state index in [1.165, 1.54) is 19.1 Å². The molecule has 1 aromatic rings. The van der Waals surface area contributed by atoms with E-state index in [0.29, 0.717) is 12.1 Å². The molecule has 21 heavy (non-hydrogen) atoms. The number of hydrogen-bond acceptors (Lipinski definition) is 4. The Morgan fingerprint density at radius 2 is 2.00 bits per heavy atom. The number of ketones is 1. The Morgan fingerprint density at radius 1 is 1.33 bits per heavy atom. The molecule has 1 aromatic carbocycles. The maximum atomic E-state index is 12.4. The molecule has 0 radical (unpaired) electrons. The highest BCUT2D eigenvalue weighted by Crippen LogP contribution is 2.39. The molecule has 0 atom stereocenters. The first-order valence-electron chi connectivity index (χ1n) is 7.04. The monoisotopic (exact) mass is 327 g/mol. The number of carbonyl (C=O) groups excluding carboxylic acids is 1. The van der Waals surface area contributed by atoms with E-state index in [2.05, 4.69) is 4.72 Å². The van der Waals surface area contributed by atoms with Crippen LogP contribution in [0.15, 0.2) is 29.2 Å². The lowest BCUT2D eigenvalue weighted by molar-refractivity contribution is 0.101. The standard InChI is InChI=1S/C15H21NO3S2/c1-12(17)13-6-5-7-14(10-13)21(18,19)16-11-15(20-2)8-3-4-9-15/h5-7,10,16H,3-4,8-9,11H2,1-2H3. The van der Waals surface area contributed by atoms with Gasteiger partial charge in [0.2, 0.25) is 10.0 Å². The molecule has 0 bridgehead atoms. The van der Waals surface area contributed by atoms with E-state index in [-0.39, 0.29) is 15.4 Å². The van der Waals surface area contributed by atoms with E-state index in [1.54, 1.807) is 23.9 Å². The minimum atomic E-state index is -3.57. The van der Waals surface area contributed by atoms with Crippen LogP contribution >= 0.6 is 11.8 Å². The van der Waals surface area contributed by atoms with E-state index in [9.17, 15) is 13.2 Å². The third-order valence-electron chi connectivity index (χ3n) is 4.08. The first kappa shape index (κ1) is 16.5. The molecule has 1 fully saturated rings. The van der Waals surface area contributed by atoms with Crippen LogP contribution < -0.4 is 4.72 Å². The summed E-state index contributed by atoms with van der Waals surface area (Å²) in [5, 5.41) is 0. The summed E-state index contributed by atoms with van der Waals surface area (Å²) in [5.41, 5.74) is 0.415. The predicted molar refractivity (Wildman–Crippen MR) is 86.3 cm³/mol. The topological polar surface area (TPSA) is 63.2 Å². The second kappa shape index (κ2) is 6.50. The van der Waals surface area contributed by atoms with Crippen molar-refractivity contribution in [2.75, 3.05) is 12.8 Å². The molecule has 1 N–H and O–H groups in total. The van der Waals surface area contributed by atoms with Gasteiger partial charge < -0.3 is 0 Å². The van der Waals surface area contributed by atoms with Gasteiger partial charge in [0.1, 0.15) is 0 Å².